The van der Waals surface area contributed by atoms with Crippen molar-refractivity contribution in [3.8, 4) is 22.9 Å². The first-order chi connectivity index (χ1) is 8.24. The molecule has 0 bridgehead atoms. The molecule has 0 saturated heterocycles. The highest BCUT2D eigenvalue weighted by Crippen LogP contribution is 2.24. The zero-order chi connectivity index (χ0) is 12.3. The third kappa shape index (κ3) is 2.28. The molecule has 2 rings (SSSR count). The molecule has 0 unspecified atom stereocenters. The minimum Gasteiger partial charge on any atom is -0.497 e. The summed E-state index contributed by atoms with van der Waals surface area (Å²) in [6.45, 7) is 0. The second kappa shape index (κ2) is 4.69. The summed E-state index contributed by atoms with van der Waals surface area (Å²) in [7, 11) is 3.13. The number of nitrogen functional groups attached to an aromatic ring is 1. The first-order valence-corrected chi connectivity index (χ1v) is 5.06. The number of benzene rings is 1. The van der Waals surface area contributed by atoms with E-state index in [1.165, 1.54) is 7.11 Å². The molecule has 0 fully saturated rings. The van der Waals surface area contributed by atoms with Crippen molar-refractivity contribution in [3.63, 3.8) is 0 Å². The van der Waals surface area contributed by atoms with Gasteiger partial charge in [0.05, 0.1) is 25.6 Å². The number of nitrogens with zero attached hydrogens (tertiary/aromatic N) is 2. The lowest BCUT2D eigenvalue weighted by molar-refractivity contribution is 0.394. The van der Waals surface area contributed by atoms with E-state index in [0.717, 1.165) is 11.3 Å². The molecule has 0 saturated carbocycles. The van der Waals surface area contributed by atoms with Gasteiger partial charge in [-0.3, -0.25) is 0 Å². The van der Waals surface area contributed by atoms with E-state index in [1.54, 1.807) is 13.2 Å². The van der Waals surface area contributed by atoms with E-state index < -0.39 is 0 Å². The molecular formula is C12H13N3O2. The molecule has 0 aliphatic carbocycles. The molecule has 5 heteroatoms. The molecule has 0 aliphatic rings. The van der Waals surface area contributed by atoms with Crippen LogP contribution in [0.1, 0.15) is 0 Å². The summed E-state index contributed by atoms with van der Waals surface area (Å²) < 4.78 is 10.0. The Balaban J connectivity index is 2.35. The smallest absolute Gasteiger partial charge is 0.256 e. The number of methoxy groups -OCH3 is 2. The van der Waals surface area contributed by atoms with Crippen molar-refractivity contribution in [1.29, 1.82) is 0 Å². The number of hydrogen-bond donors (Lipinski definition) is 1. The zero-order valence-corrected chi connectivity index (χ0v) is 9.68. The van der Waals surface area contributed by atoms with E-state index in [1.807, 2.05) is 24.3 Å². The molecule has 0 amide bonds. The molecule has 0 aliphatic heterocycles. The van der Waals surface area contributed by atoms with Crippen LogP contribution < -0.4 is 15.2 Å². The molecule has 1 heterocycles. The number of rotatable bonds is 3. The Labute approximate surface area is 99.2 Å². The highest BCUT2D eigenvalue weighted by atomic mass is 16.5. The summed E-state index contributed by atoms with van der Waals surface area (Å²) in [5.41, 5.74) is 7.86. The van der Waals surface area contributed by atoms with Gasteiger partial charge < -0.3 is 15.2 Å². The average molecular weight is 231 g/mol. The van der Waals surface area contributed by atoms with Crippen LogP contribution in [0.5, 0.6) is 11.6 Å². The van der Waals surface area contributed by atoms with Crippen molar-refractivity contribution in [2.24, 2.45) is 0 Å². The van der Waals surface area contributed by atoms with Gasteiger partial charge in [-0.1, -0.05) is 0 Å². The van der Waals surface area contributed by atoms with Crippen molar-refractivity contribution < 1.29 is 9.47 Å². The van der Waals surface area contributed by atoms with Crippen LogP contribution in [0.2, 0.25) is 0 Å². The van der Waals surface area contributed by atoms with Gasteiger partial charge in [-0.15, -0.1) is 10.2 Å². The van der Waals surface area contributed by atoms with Crippen LogP contribution >= 0.6 is 0 Å². The van der Waals surface area contributed by atoms with Crippen molar-refractivity contribution in [1.82, 2.24) is 10.2 Å². The fourth-order valence-corrected chi connectivity index (χ4v) is 1.46. The Kier molecular flexibility index (Phi) is 3.09. The lowest BCUT2D eigenvalue weighted by Gasteiger charge is -2.05. The molecule has 0 radical (unpaired) electrons. The van der Waals surface area contributed by atoms with Crippen LogP contribution in [0.3, 0.4) is 0 Å². The Morgan fingerprint density at radius 2 is 1.71 bits per heavy atom. The van der Waals surface area contributed by atoms with Crippen LogP contribution in [0.15, 0.2) is 30.3 Å². The lowest BCUT2D eigenvalue weighted by atomic mass is 10.1. The Morgan fingerprint density at radius 3 is 2.24 bits per heavy atom. The summed E-state index contributed by atoms with van der Waals surface area (Å²) in [6.07, 6.45) is 0. The first-order valence-electron chi connectivity index (χ1n) is 5.06. The Morgan fingerprint density at radius 1 is 1.00 bits per heavy atom. The second-order valence-corrected chi connectivity index (χ2v) is 3.42. The number of hydrogen-bond acceptors (Lipinski definition) is 5. The molecule has 0 atom stereocenters. The van der Waals surface area contributed by atoms with Crippen molar-refractivity contribution in [3.05, 3.63) is 30.3 Å². The maximum absolute atomic E-state index is 5.77. The van der Waals surface area contributed by atoms with Gasteiger partial charge in [0.1, 0.15) is 5.75 Å². The van der Waals surface area contributed by atoms with Gasteiger partial charge in [0, 0.05) is 5.56 Å². The van der Waals surface area contributed by atoms with Gasteiger partial charge in [-0.2, -0.15) is 0 Å². The quantitative estimate of drug-likeness (QED) is 0.871. The minimum atomic E-state index is 0.335. The maximum atomic E-state index is 5.77. The number of ether oxygens (including phenoxy) is 2. The molecule has 1 aromatic heterocycles. The zero-order valence-electron chi connectivity index (χ0n) is 9.68. The van der Waals surface area contributed by atoms with Crippen molar-refractivity contribution >= 4 is 5.69 Å². The Hall–Kier alpha value is -2.30. The van der Waals surface area contributed by atoms with E-state index in [0.29, 0.717) is 17.3 Å². The van der Waals surface area contributed by atoms with E-state index in [4.69, 9.17) is 15.2 Å². The maximum Gasteiger partial charge on any atom is 0.256 e. The average Bonchev–Trinajstić information content (AvgIpc) is 2.39. The summed E-state index contributed by atoms with van der Waals surface area (Å²) in [4.78, 5) is 0. The topological polar surface area (TPSA) is 70.3 Å². The molecule has 17 heavy (non-hydrogen) atoms. The van der Waals surface area contributed by atoms with Gasteiger partial charge in [-0.25, -0.2) is 0 Å². The van der Waals surface area contributed by atoms with E-state index in [2.05, 4.69) is 10.2 Å². The number of nitrogens with two attached hydrogens (primary N) is 1. The number of aromatic nitrogens is 2. The largest absolute Gasteiger partial charge is 0.497 e. The van der Waals surface area contributed by atoms with E-state index in [9.17, 15) is 0 Å². The highest BCUT2D eigenvalue weighted by Gasteiger charge is 2.06. The van der Waals surface area contributed by atoms with Crippen molar-refractivity contribution in [2.45, 2.75) is 0 Å². The predicted octanol–water partition coefficient (Wildman–Crippen LogP) is 1.74. The van der Waals surface area contributed by atoms with Crippen LogP contribution in [0.25, 0.3) is 11.3 Å². The molecule has 88 valence electrons. The van der Waals surface area contributed by atoms with Crippen LogP contribution in [-0.4, -0.2) is 24.4 Å². The van der Waals surface area contributed by atoms with Crippen LogP contribution in [0.4, 0.5) is 5.69 Å². The molecule has 0 spiro atoms. The summed E-state index contributed by atoms with van der Waals surface area (Å²) in [5, 5.41) is 7.93. The fraction of sp³-hybridized carbons (Fsp3) is 0.167. The predicted molar refractivity (Wildman–Crippen MR) is 65.0 cm³/mol. The third-order valence-electron chi connectivity index (χ3n) is 2.37. The number of anilines is 1. The van der Waals surface area contributed by atoms with E-state index in [-0.39, 0.29) is 0 Å². The lowest BCUT2D eigenvalue weighted by Crippen LogP contribution is -1.98. The summed E-state index contributed by atoms with van der Waals surface area (Å²) >= 11 is 0. The van der Waals surface area contributed by atoms with Gasteiger partial charge in [-0.05, 0) is 30.3 Å². The standard InChI is InChI=1S/C12H13N3O2/c1-16-9-5-3-8(4-6-9)11-7-10(13)12(17-2)15-14-11/h3-7H,1-2H3,(H2,13,14). The molecular weight excluding hydrogens is 218 g/mol. The van der Waals surface area contributed by atoms with E-state index >= 15 is 0 Å². The van der Waals surface area contributed by atoms with Crippen LogP contribution in [0, 0.1) is 0 Å². The van der Waals surface area contributed by atoms with Gasteiger partial charge >= 0.3 is 0 Å². The van der Waals surface area contributed by atoms with Gasteiger partial charge in [0.2, 0.25) is 0 Å². The van der Waals surface area contributed by atoms with Gasteiger partial charge in [0.15, 0.2) is 0 Å². The second-order valence-electron chi connectivity index (χ2n) is 3.42. The third-order valence-corrected chi connectivity index (χ3v) is 2.37. The van der Waals surface area contributed by atoms with Crippen LogP contribution in [-0.2, 0) is 0 Å². The summed E-state index contributed by atoms with van der Waals surface area (Å²) in [5.74, 6) is 1.13. The normalized spacial score (nSPS) is 10.0. The molecule has 5 nitrogen and oxygen atoms in total. The minimum absolute atomic E-state index is 0.335. The van der Waals surface area contributed by atoms with Gasteiger partial charge in [0.25, 0.3) is 5.88 Å². The first kappa shape index (κ1) is 11.2. The molecule has 2 aromatic rings. The Bertz CT molecular complexity index is 512. The SMILES string of the molecule is COc1ccc(-c2cc(N)c(OC)nn2)cc1. The molecule has 1 aromatic carbocycles. The summed E-state index contributed by atoms with van der Waals surface area (Å²) in [6, 6.07) is 9.24. The van der Waals surface area contributed by atoms with Crippen molar-refractivity contribution in [2.75, 3.05) is 20.0 Å². The monoisotopic (exact) mass is 231 g/mol. The molecule has 2 N–H and O–H groups in total. The highest BCUT2D eigenvalue weighted by molar-refractivity contribution is 5.65. The fourth-order valence-electron chi connectivity index (χ4n) is 1.46.